The van der Waals surface area contributed by atoms with Crippen LogP contribution in [0.4, 0.5) is 17.2 Å². The van der Waals surface area contributed by atoms with Crippen LogP contribution in [0.25, 0.3) is 5.65 Å². The Labute approximate surface area is 202 Å². The number of hydrogen-bond donors (Lipinski definition) is 1. The molecular formula is C27H26N4O4. The van der Waals surface area contributed by atoms with E-state index in [0.29, 0.717) is 41.5 Å². The van der Waals surface area contributed by atoms with Crippen molar-refractivity contribution in [2.75, 3.05) is 18.5 Å². The van der Waals surface area contributed by atoms with Gasteiger partial charge in [-0.05, 0) is 80.9 Å². The Hall–Kier alpha value is -4.46. The number of fused-ring (bicyclic) bond motifs is 1. The number of aliphatic imine (C=N–C) groups is 1. The van der Waals surface area contributed by atoms with Gasteiger partial charge in [-0.25, -0.2) is 9.78 Å². The Kier molecular flexibility index (Phi) is 7.21. The third-order valence-electron chi connectivity index (χ3n) is 5.23. The molecule has 0 bridgehead atoms. The van der Waals surface area contributed by atoms with Gasteiger partial charge in [0.05, 0.1) is 24.5 Å². The van der Waals surface area contributed by atoms with Gasteiger partial charge >= 0.3 is 5.97 Å². The second kappa shape index (κ2) is 10.6. The van der Waals surface area contributed by atoms with Crippen molar-refractivity contribution >= 4 is 35.0 Å². The first kappa shape index (κ1) is 23.7. The van der Waals surface area contributed by atoms with E-state index in [1.54, 1.807) is 43.5 Å². The molecule has 8 nitrogen and oxygen atoms in total. The molecule has 0 spiro atoms. The summed E-state index contributed by atoms with van der Waals surface area (Å²) in [6.45, 7) is 6.48. The molecule has 8 heteroatoms. The van der Waals surface area contributed by atoms with Crippen LogP contribution in [0, 0.1) is 6.92 Å². The first-order valence-electron chi connectivity index (χ1n) is 11.3. The molecule has 0 fully saturated rings. The van der Waals surface area contributed by atoms with Crippen molar-refractivity contribution in [2.24, 2.45) is 4.99 Å². The van der Waals surface area contributed by atoms with E-state index in [1.807, 2.05) is 44.2 Å². The van der Waals surface area contributed by atoms with Crippen LogP contribution in [-0.2, 0) is 4.74 Å². The number of rotatable bonds is 8. The Morgan fingerprint density at radius 3 is 2.49 bits per heavy atom. The highest BCUT2D eigenvalue weighted by Gasteiger charge is 2.13. The molecule has 178 valence electrons. The molecule has 0 radical (unpaired) electrons. The summed E-state index contributed by atoms with van der Waals surface area (Å²) >= 11 is 0. The molecule has 0 amide bonds. The summed E-state index contributed by atoms with van der Waals surface area (Å²) in [7, 11) is 0. The number of nitrogens with zero attached hydrogens (tertiary/aromatic N) is 3. The number of esters is 1. The molecular weight excluding hydrogens is 444 g/mol. The molecule has 2 aromatic carbocycles. The topological polar surface area (TPSA) is 94.3 Å². The summed E-state index contributed by atoms with van der Waals surface area (Å²) in [6, 6.07) is 17.8. The third kappa shape index (κ3) is 5.38. The SMILES string of the molecule is CCOC(=O)c1ccc(N=Cc2c(Nc3ccc(OCC)cc3)nc3c(C)cccn3c2=O)cc1. The van der Waals surface area contributed by atoms with Crippen LogP contribution >= 0.6 is 0 Å². The van der Waals surface area contributed by atoms with Crippen molar-refractivity contribution in [3.05, 3.63) is 93.9 Å². The molecule has 4 aromatic rings. The molecule has 2 heterocycles. The zero-order valence-corrected chi connectivity index (χ0v) is 19.8. The highest BCUT2D eigenvalue weighted by atomic mass is 16.5. The van der Waals surface area contributed by atoms with Crippen molar-refractivity contribution in [3.8, 4) is 5.75 Å². The second-order valence-electron chi connectivity index (χ2n) is 7.67. The summed E-state index contributed by atoms with van der Waals surface area (Å²) in [5.74, 6) is 0.756. The molecule has 35 heavy (non-hydrogen) atoms. The van der Waals surface area contributed by atoms with Gasteiger partial charge in [-0.2, -0.15) is 0 Å². The fourth-order valence-electron chi connectivity index (χ4n) is 3.50. The number of nitrogens with one attached hydrogen (secondary N) is 1. The molecule has 2 aromatic heterocycles. The number of aryl methyl sites for hydroxylation is 1. The maximum absolute atomic E-state index is 13.4. The summed E-state index contributed by atoms with van der Waals surface area (Å²) < 4.78 is 12.0. The van der Waals surface area contributed by atoms with Crippen LogP contribution in [0.3, 0.4) is 0 Å². The molecule has 0 aliphatic heterocycles. The van der Waals surface area contributed by atoms with Gasteiger partial charge < -0.3 is 14.8 Å². The van der Waals surface area contributed by atoms with Crippen LogP contribution in [0.5, 0.6) is 5.75 Å². The summed E-state index contributed by atoms with van der Waals surface area (Å²) in [5.41, 5.74) is 3.26. The minimum atomic E-state index is -0.391. The average molecular weight is 471 g/mol. The Morgan fingerprint density at radius 1 is 1.06 bits per heavy atom. The number of anilines is 2. The molecule has 0 unspecified atom stereocenters. The largest absolute Gasteiger partial charge is 0.494 e. The summed E-state index contributed by atoms with van der Waals surface area (Å²) in [6.07, 6.45) is 3.17. The number of carbonyl (C=O) groups excluding carboxylic acids is 1. The highest BCUT2D eigenvalue weighted by molar-refractivity contribution is 5.91. The van der Waals surface area contributed by atoms with Gasteiger partial charge in [0, 0.05) is 18.1 Å². The van der Waals surface area contributed by atoms with Crippen LogP contribution in [0.1, 0.15) is 35.3 Å². The van der Waals surface area contributed by atoms with Gasteiger partial charge in [0.2, 0.25) is 0 Å². The quantitative estimate of drug-likeness (QED) is 0.285. The van der Waals surface area contributed by atoms with Gasteiger partial charge in [-0.3, -0.25) is 14.2 Å². The fraction of sp³-hybridized carbons (Fsp3) is 0.185. The lowest BCUT2D eigenvalue weighted by atomic mass is 10.2. The van der Waals surface area contributed by atoms with E-state index in [-0.39, 0.29) is 5.56 Å². The smallest absolute Gasteiger partial charge is 0.338 e. The second-order valence-corrected chi connectivity index (χ2v) is 7.67. The van der Waals surface area contributed by atoms with Crippen LogP contribution in [0.15, 0.2) is 76.6 Å². The molecule has 4 rings (SSSR count). The van der Waals surface area contributed by atoms with Gasteiger partial charge in [0.15, 0.2) is 0 Å². The number of pyridine rings is 1. The van der Waals surface area contributed by atoms with Crippen LogP contribution in [-0.4, -0.2) is 34.8 Å². The van der Waals surface area contributed by atoms with E-state index in [1.165, 1.54) is 10.6 Å². The summed E-state index contributed by atoms with van der Waals surface area (Å²) in [4.78, 5) is 34.4. The molecule has 0 saturated carbocycles. The van der Waals surface area contributed by atoms with Gasteiger partial charge in [0.25, 0.3) is 5.56 Å². The zero-order valence-electron chi connectivity index (χ0n) is 19.8. The van der Waals surface area contributed by atoms with E-state index in [0.717, 1.165) is 17.0 Å². The lowest BCUT2D eigenvalue weighted by molar-refractivity contribution is 0.0526. The lowest BCUT2D eigenvalue weighted by Crippen LogP contribution is -2.22. The molecule has 0 aliphatic rings. The highest BCUT2D eigenvalue weighted by Crippen LogP contribution is 2.22. The van der Waals surface area contributed by atoms with Crippen LogP contribution < -0.4 is 15.6 Å². The Morgan fingerprint density at radius 2 is 1.80 bits per heavy atom. The zero-order chi connectivity index (χ0) is 24.8. The fourth-order valence-corrected chi connectivity index (χ4v) is 3.50. The third-order valence-corrected chi connectivity index (χ3v) is 5.23. The number of ether oxygens (including phenoxy) is 2. The predicted molar refractivity (Wildman–Crippen MR) is 137 cm³/mol. The number of carbonyl (C=O) groups is 1. The summed E-state index contributed by atoms with van der Waals surface area (Å²) in [5, 5.41) is 3.24. The normalized spacial score (nSPS) is 11.1. The van der Waals surface area contributed by atoms with E-state index >= 15 is 0 Å². The minimum Gasteiger partial charge on any atom is -0.494 e. The van der Waals surface area contributed by atoms with Crippen molar-refractivity contribution in [1.29, 1.82) is 0 Å². The van der Waals surface area contributed by atoms with Gasteiger partial charge in [-0.1, -0.05) is 6.07 Å². The molecule has 0 atom stereocenters. The number of hydrogen-bond acceptors (Lipinski definition) is 7. The van der Waals surface area contributed by atoms with Crippen molar-refractivity contribution in [1.82, 2.24) is 9.38 Å². The van der Waals surface area contributed by atoms with E-state index in [4.69, 9.17) is 14.5 Å². The van der Waals surface area contributed by atoms with Gasteiger partial charge in [-0.15, -0.1) is 0 Å². The monoisotopic (exact) mass is 470 g/mol. The Balaban J connectivity index is 1.72. The average Bonchev–Trinajstić information content (AvgIpc) is 2.86. The minimum absolute atomic E-state index is 0.251. The van der Waals surface area contributed by atoms with Gasteiger partial charge in [0.1, 0.15) is 22.8 Å². The molecule has 1 N–H and O–H groups in total. The van der Waals surface area contributed by atoms with Crippen molar-refractivity contribution in [3.63, 3.8) is 0 Å². The first-order chi connectivity index (χ1) is 17.0. The number of aromatic nitrogens is 2. The maximum Gasteiger partial charge on any atom is 0.338 e. The van der Waals surface area contributed by atoms with E-state index < -0.39 is 5.97 Å². The van der Waals surface area contributed by atoms with Crippen molar-refractivity contribution in [2.45, 2.75) is 20.8 Å². The molecule has 0 aliphatic carbocycles. The lowest BCUT2D eigenvalue weighted by Gasteiger charge is -2.12. The standard InChI is InChI=1S/C27H26N4O4/c1-4-34-22-14-12-21(13-15-22)29-24-23(26(32)31-16-6-7-18(3)25(31)30-24)17-28-20-10-8-19(9-11-20)27(33)35-5-2/h6-17,29H,4-5H2,1-3H3. The van der Waals surface area contributed by atoms with E-state index in [2.05, 4.69) is 10.3 Å². The molecule has 0 saturated heterocycles. The van der Waals surface area contributed by atoms with Crippen molar-refractivity contribution < 1.29 is 14.3 Å². The first-order valence-corrected chi connectivity index (χ1v) is 11.3. The predicted octanol–water partition coefficient (Wildman–Crippen LogP) is 5.07. The Bertz CT molecular complexity index is 1430. The van der Waals surface area contributed by atoms with E-state index in [9.17, 15) is 9.59 Å². The van der Waals surface area contributed by atoms with Crippen LogP contribution in [0.2, 0.25) is 0 Å². The maximum atomic E-state index is 13.4. The number of benzene rings is 2.